The van der Waals surface area contributed by atoms with Crippen LogP contribution in [0.15, 0.2) is 30.3 Å². The van der Waals surface area contributed by atoms with Gasteiger partial charge in [0.1, 0.15) is 17.8 Å². The molecule has 2 aromatic rings. The van der Waals surface area contributed by atoms with Crippen molar-refractivity contribution in [3.63, 3.8) is 0 Å². The topological polar surface area (TPSA) is 161 Å². The minimum atomic E-state index is -2.53. The number of fused-ring (bicyclic) bond motifs is 3. The van der Waals surface area contributed by atoms with Crippen molar-refractivity contribution in [1.82, 2.24) is 4.90 Å². The predicted octanol–water partition coefficient (Wildman–Crippen LogP) is 3.42. The van der Waals surface area contributed by atoms with E-state index >= 15 is 0 Å². The second-order valence-electron chi connectivity index (χ2n) is 15.3. The highest BCUT2D eigenvalue weighted by Gasteiger charge is 2.76. The van der Waals surface area contributed by atoms with Gasteiger partial charge in [0, 0.05) is 17.5 Å². The fraction of sp³-hybridized carbons (Fsp3) is 0.583. The number of carbonyl (C=O) groups is 3. The van der Waals surface area contributed by atoms with Crippen LogP contribution in [0.2, 0.25) is 0 Å². The summed E-state index contributed by atoms with van der Waals surface area (Å²) in [5.41, 5.74) is 4.68. The standard InChI is InChI=1S/C36H48N2O7/c1-17(2)21-13-22(20-11-9-10-19(12-20)15-38(7)8)28(39)24-23(21)14-34(5)16-35(6)26(18(3)4)30(41)25(33(37)44)31(42)36(35,45)32(43)27(34)29(24)40/h9-13,17-18,25-27,30,32,39,41,43,45H,14-16H2,1-8H3,(H2,37,44)/t25-,26+,27-,30?,32?,34-,35-,36+/m1/s1. The third-order valence-electron chi connectivity index (χ3n) is 11.2. The Bertz CT molecular complexity index is 1570. The van der Waals surface area contributed by atoms with Crippen molar-refractivity contribution in [2.24, 2.45) is 40.2 Å². The molecular weight excluding hydrogens is 572 g/mol. The summed E-state index contributed by atoms with van der Waals surface area (Å²) in [6.07, 6.45) is -2.94. The Morgan fingerprint density at radius 3 is 2.29 bits per heavy atom. The van der Waals surface area contributed by atoms with Crippen LogP contribution in [0, 0.1) is 34.5 Å². The Hall–Kier alpha value is -3.11. The van der Waals surface area contributed by atoms with Crippen LogP contribution in [0.5, 0.6) is 5.75 Å². The summed E-state index contributed by atoms with van der Waals surface area (Å²) in [4.78, 5) is 43.2. The molecule has 0 spiro atoms. The number of phenols is 1. The van der Waals surface area contributed by atoms with Gasteiger partial charge in [0.2, 0.25) is 5.91 Å². The van der Waals surface area contributed by atoms with Gasteiger partial charge in [-0.05, 0) is 84.5 Å². The van der Waals surface area contributed by atoms with E-state index in [-0.39, 0.29) is 29.6 Å². The van der Waals surface area contributed by atoms with Gasteiger partial charge in [-0.25, -0.2) is 0 Å². The number of aliphatic hydroxyl groups excluding tert-OH is 2. The van der Waals surface area contributed by atoms with Crippen LogP contribution in [-0.4, -0.2) is 74.7 Å². The number of phenolic OH excluding ortho intramolecular Hbond substituents is 1. The molecule has 0 saturated heterocycles. The van der Waals surface area contributed by atoms with Gasteiger partial charge in [-0.2, -0.15) is 0 Å². The second kappa shape index (κ2) is 11.0. The Morgan fingerprint density at radius 1 is 1.09 bits per heavy atom. The molecule has 3 aliphatic rings. The first-order valence-corrected chi connectivity index (χ1v) is 15.9. The van der Waals surface area contributed by atoms with Crippen molar-refractivity contribution < 1.29 is 34.8 Å². The summed E-state index contributed by atoms with van der Waals surface area (Å²) >= 11 is 0. The third-order valence-corrected chi connectivity index (χ3v) is 11.2. The van der Waals surface area contributed by atoms with E-state index in [4.69, 9.17) is 5.73 Å². The molecule has 244 valence electrons. The van der Waals surface area contributed by atoms with E-state index in [9.17, 15) is 34.8 Å². The summed E-state index contributed by atoms with van der Waals surface area (Å²) in [6.45, 7) is 12.0. The fourth-order valence-electron chi connectivity index (χ4n) is 9.56. The number of amides is 1. The number of aliphatic hydroxyl groups is 3. The minimum Gasteiger partial charge on any atom is -0.507 e. The summed E-state index contributed by atoms with van der Waals surface area (Å²) in [7, 11) is 3.94. The number of nitrogens with zero attached hydrogens (tertiary/aromatic N) is 1. The van der Waals surface area contributed by atoms with Gasteiger partial charge in [-0.3, -0.25) is 14.4 Å². The Kier molecular flexibility index (Phi) is 8.13. The highest BCUT2D eigenvalue weighted by Crippen LogP contribution is 2.66. The molecule has 0 heterocycles. The number of primary amides is 1. The average molecular weight is 621 g/mol. The molecule has 8 atom stereocenters. The predicted molar refractivity (Wildman–Crippen MR) is 170 cm³/mol. The van der Waals surface area contributed by atoms with E-state index in [0.717, 1.165) is 16.7 Å². The van der Waals surface area contributed by atoms with Gasteiger partial charge in [0.15, 0.2) is 17.2 Å². The Morgan fingerprint density at radius 2 is 1.73 bits per heavy atom. The van der Waals surface area contributed by atoms with E-state index in [1.807, 2.05) is 83.9 Å². The zero-order valence-corrected chi connectivity index (χ0v) is 27.6. The molecule has 45 heavy (non-hydrogen) atoms. The molecule has 0 bridgehead atoms. The molecule has 9 nitrogen and oxygen atoms in total. The highest BCUT2D eigenvalue weighted by atomic mass is 16.4. The number of rotatable bonds is 6. The summed E-state index contributed by atoms with van der Waals surface area (Å²) in [5, 5.41) is 47.7. The fourth-order valence-corrected chi connectivity index (χ4v) is 9.56. The summed E-state index contributed by atoms with van der Waals surface area (Å²) in [6, 6.07) is 9.72. The van der Waals surface area contributed by atoms with Crippen molar-refractivity contribution in [3.8, 4) is 16.9 Å². The number of hydrogen-bond acceptors (Lipinski definition) is 8. The number of ketones is 2. The van der Waals surface area contributed by atoms with E-state index in [0.29, 0.717) is 24.1 Å². The number of hydrogen-bond donors (Lipinski definition) is 5. The lowest BCUT2D eigenvalue weighted by Gasteiger charge is -2.66. The van der Waals surface area contributed by atoms with Crippen LogP contribution in [0.1, 0.15) is 80.9 Å². The maximum Gasteiger partial charge on any atom is 0.230 e. The van der Waals surface area contributed by atoms with Crippen molar-refractivity contribution in [3.05, 3.63) is 52.6 Å². The van der Waals surface area contributed by atoms with E-state index in [1.165, 1.54) is 0 Å². The molecule has 9 heteroatoms. The maximum atomic E-state index is 14.7. The van der Waals surface area contributed by atoms with Gasteiger partial charge in [0.05, 0.1) is 17.6 Å². The Balaban J connectivity index is 1.73. The number of carbonyl (C=O) groups excluding carboxylic acids is 3. The molecule has 5 rings (SSSR count). The molecule has 0 radical (unpaired) electrons. The molecule has 6 N–H and O–H groups in total. The lowest BCUT2D eigenvalue weighted by molar-refractivity contribution is -0.265. The van der Waals surface area contributed by atoms with Crippen LogP contribution in [0.25, 0.3) is 11.1 Å². The van der Waals surface area contributed by atoms with E-state index < -0.39 is 63.9 Å². The van der Waals surface area contributed by atoms with Crippen molar-refractivity contribution in [2.45, 2.75) is 84.7 Å². The number of Topliss-reactive ketones (excluding diaryl/α,β-unsaturated/α-hetero) is 2. The maximum absolute atomic E-state index is 14.7. The van der Waals surface area contributed by atoms with Gasteiger partial charge in [-0.1, -0.05) is 59.7 Å². The lowest BCUT2D eigenvalue weighted by atomic mass is 9.39. The van der Waals surface area contributed by atoms with Crippen LogP contribution in [0.4, 0.5) is 0 Å². The van der Waals surface area contributed by atoms with Crippen molar-refractivity contribution >= 4 is 17.5 Å². The molecule has 0 aromatic heterocycles. The van der Waals surface area contributed by atoms with Crippen molar-refractivity contribution in [1.29, 1.82) is 0 Å². The molecule has 1 amide bonds. The molecule has 2 fully saturated rings. The zero-order chi connectivity index (χ0) is 33.5. The summed E-state index contributed by atoms with van der Waals surface area (Å²) in [5.74, 6) is -6.98. The van der Waals surface area contributed by atoms with Crippen molar-refractivity contribution in [2.75, 3.05) is 14.1 Å². The largest absolute Gasteiger partial charge is 0.507 e. The van der Waals surface area contributed by atoms with E-state index in [2.05, 4.69) is 0 Å². The van der Waals surface area contributed by atoms with Gasteiger partial charge in [0.25, 0.3) is 0 Å². The summed E-state index contributed by atoms with van der Waals surface area (Å²) < 4.78 is 0. The average Bonchev–Trinajstić information content (AvgIpc) is 2.90. The Labute approximate surface area is 265 Å². The van der Waals surface area contributed by atoms with Crippen LogP contribution in [-0.2, 0) is 22.6 Å². The van der Waals surface area contributed by atoms with Crippen LogP contribution < -0.4 is 5.73 Å². The quantitative estimate of drug-likeness (QED) is 0.307. The smallest absolute Gasteiger partial charge is 0.230 e. The van der Waals surface area contributed by atoms with Gasteiger partial charge in [-0.15, -0.1) is 0 Å². The number of nitrogens with two attached hydrogens (primary N) is 1. The first-order chi connectivity index (χ1) is 20.8. The monoisotopic (exact) mass is 620 g/mol. The molecule has 3 aliphatic carbocycles. The number of aromatic hydroxyl groups is 1. The molecule has 0 aliphatic heterocycles. The molecule has 2 unspecified atom stereocenters. The van der Waals surface area contributed by atoms with Crippen LogP contribution in [0.3, 0.4) is 0 Å². The first-order valence-electron chi connectivity index (χ1n) is 15.9. The van der Waals surface area contributed by atoms with Gasteiger partial charge < -0.3 is 31.1 Å². The minimum absolute atomic E-state index is 0.00476. The lowest BCUT2D eigenvalue weighted by Crippen LogP contribution is -2.79. The van der Waals surface area contributed by atoms with Gasteiger partial charge >= 0.3 is 0 Å². The number of benzene rings is 2. The zero-order valence-electron chi connectivity index (χ0n) is 27.6. The second-order valence-corrected chi connectivity index (χ2v) is 15.3. The molecular formula is C36H48N2O7. The first kappa shape index (κ1) is 33.3. The van der Waals surface area contributed by atoms with Crippen LogP contribution >= 0.6 is 0 Å². The SMILES string of the molecule is CC(C)c1cc(-c2cccc(CN(C)C)c2)c(O)c2c1C[C@]1(C)C[C@]3(C)[C@@H](C(C)C)C(O)[C@@H](C(N)=O)C(=O)[C@]3(O)C(O)[C@H]1C2=O. The normalized spacial score (nSPS) is 34.6. The third kappa shape index (κ3) is 4.69. The highest BCUT2D eigenvalue weighted by molar-refractivity contribution is 6.10. The molecule has 2 saturated carbocycles. The molecule has 2 aromatic carbocycles. The van der Waals surface area contributed by atoms with E-state index in [1.54, 1.807) is 6.92 Å².